The first kappa shape index (κ1) is 27.9. The largest absolute Gasteiger partial charge is 0.493 e. The van der Waals surface area contributed by atoms with Crippen molar-refractivity contribution in [3.05, 3.63) is 64.2 Å². The summed E-state index contributed by atoms with van der Waals surface area (Å²) < 4.78 is 25.1. The highest BCUT2D eigenvalue weighted by Crippen LogP contribution is 2.55. The van der Waals surface area contributed by atoms with E-state index in [2.05, 4.69) is 21.2 Å². The van der Waals surface area contributed by atoms with Crippen molar-refractivity contribution in [2.75, 3.05) is 6.61 Å². The average molecular weight is 609 g/mol. The van der Waals surface area contributed by atoms with Gasteiger partial charge in [-0.15, -0.1) is 0 Å². The summed E-state index contributed by atoms with van der Waals surface area (Å²) in [6.07, 6.45) is 13.6. The van der Waals surface area contributed by atoms with E-state index < -0.39 is 0 Å². The summed E-state index contributed by atoms with van der Waals surface area (Å²) in [6.45, 7) is 5.21. The molecule has 8 rings (SSSR count). The van der Waals surface area contributed by atoms with Gasteiger partial charge < -0.3 is 18.7 Å². The molecule has 42 heavy (non-hydrogen) atoms. The maximum absolute atomic E-state index is 6.80. The minimum atomic E-state index is -0.138. The molecule has 3 aromatic heterocycles. The van der Waals surface area contributed by atoms with Gasteiger partial charge in [0.05, 0.1) is 40.5 Å². The molecule has 1 aromatic carbocycles. The first-order valence-corrected chi connectivity index (χ1v) is 15.7. The number of benzene rings is 1. The van der Waals surface area contributed by atoms with Gasteiger partial charge in [0.25, 0.3) is 0 Å². The lowest BCUT2D eigenvalue weighted by Gasteiger charge is -2.52. The zero-order valence-electron chi connectivity index (χ0n) is 24.0. The predicted molar refractivity (Wildman–Crippen MR) is 162 cm³/mol. The fourth-order valence-electron chi connectivity index (χ4n) is 6.63. The van der Waals surface area contributed by atoms with Crippen molar-refractivity contribution < 1.29 is 18.7 Å². The van der Waals surface area contributed by atoms with Crippen LogP contribution in [0.2, 0.25) is 10.0 Å². The second kappa shape index (κ2) is 11.0. The van der Waals surface area contributed by atoms with Gasteiger partial charge in [-0.2, -0.15) is 0 Å². The molecule has 4 fully saturated rings. The molecular weight excluding hydrogens is 573 g/mol. The molecule has 0 atom stereocenters. The van der Waals surface area contributed by atoms with E-state index in [1.807, 2.05) is 32.0 Å². The minimum absolute atomic E-state index is 0.0916. The number of hydrogen-bond acceptors (Lipinski definition) is 7. The van der Waals surface area contributed by atoms with E-state index in [4.69, 9.17) is 41.9 Å². The van der Waals surface area contributed by atoms with Crippen molar-refractivity contribution in [1.82, 2.24) is 15.1 Å². The Morgan fingerprint density at radius 3 is 2.43 bits per heavy atom. The normalized spacial score (nSPS) is 23.5. The standard InChI is InChI=1S/C33H35Cl2N3O4/c1-20(2)41-28-7-14-37-27-6-5-22(15-23(27)28)39-19-32-8-11-33(12-9-32,13-10-32)40-18-24-30(38-42-31(24)21-3-4-21)29-25(34)16-36-17-26(29)35/h5-7,14-17,20-21H,3-4,8-13,18-19H2,1-2H3. The Labute approximate surface area is 255 Å². The Morgan fingerprint density at radius 1 is 1.00 bits per heavy atom. The van der Waals surface area contributed by atoms with Crippen LogP contribution in [0.3, 0.4) is 0 Å². The molecule has 7 nitrogen and oxygen atoms in total. The quantitative estimate of drug-likeness (QED) is 0.178. The summed E-state index contributed by atoms with van der Waals surface area (Å²) in [4.78, 5) is 8.59. The van der Waals surface area contributed by atoms with Crippen LogP contribution in [0.25, 0.3) is 22.2 Å². The third-order valence-electron chi connectivity index (χ3n) is 9.29. The molecule has 0 N–H and O–H groups in total. The molecule has 9 heteroatoms. The van der Waals surface area contributed by atoms with Crippen molar-refractivity contribution in [3.8, 4) is 22.8 Å². The van der Waals surface area contributed by atoms with Crippen molar-refractivity contribution in [3.63, 3.8) is 0 Å². The monoisotopic (exact) mass is 607 g/mol. The first-order valence-electron chi connectivity index (χ1n) is 14.9. The van der Waals surface area contributed by atoms with Crippen LogP contribution in [0.15, 0.2) is 47.4 Å². The van der Waals surface area contributed by atoms with Crippen LogP contribution in [-0.2, 0) is 11.3 Å². The lowest BCUT2D eigenvalue weighted by atomic mass is 9.59. The number of ether oxygens (including phenoxy) is 3. The van der Waals surface area contributed by atoms with E-state index in [1.54, 1.807) is 18.6 Å². The molecule has 4 aromatic rings. The van der Waals surface area contributed by atoms with E-state index in [9.17, 15) is 0 Å². The van der Waals surface area contributed by atoms with E-state index in [0.29, 0.717) is 40.4 Å². The molecule has 220 valence electrons. The lowest BCUT2D eigenvalue weighted by Crippen LogP contribution is -2.49. The number of pyridine rings is 2. The summed E-state index contributed by atoms with van der Waals surface area (Å²) in [7, 11) is 0. The third kappa shape index (κ3) is 5.36. The SMILES string of the molecule is CC(C)Oc1ccnc2ccc(OCC34CCC(OCc5c(-c6c(Cl)cncc6Cl)noc5C5CC5)(CC3)CC4)cc12. The number of hydrogen-bond donors (Lipinski definition) is 0. The fourth-order valence-corrected chi connectivity index (χ4v) is 7.18. The second-order valence-corrected chi connectivity index (χ2v) is 13.4. The Kier molecular flexibility index (Phi) is 7.32. The van der Waals surface area contributed by atoms with Crippen LogP contribution in [-0.4, -0.2) is 33.4 Å². The third-order valence-corrected chi connectivity index (χ3v) is 9.87. The van der Waals surface area contributed by atoms with E-state index in [0.717, 1.165) is 85.1 Å². The predicted octanol–water partition coefficient (Wildman–Crippen LogP) is 8.94. The van der Waals surface area contributed by atoms with Crippen molar-refractivity contribution >= 4 is 34.1 Å². The van der Waals surface area contributed by atoms with Gasteiger partial charge in [0.2, 0.25) is 0 Å². The van der Waals surface area contributed by atoms with Crippen LogP contribution < -0.4 is 9.47 Å². The van der Waals surface area contributed by atoms with Crippen LogP contribution in [0.1, 0.15) is 82.5 Å². The zero-order valence-corrected chi connectivity index (χ0v) is 25.5. The number of fused-ring (bicyclic) bond motifs is 4. The maximum Gasteiger partial charge on any atom is 0.145 e. The van der Waals surface area contributed by atoms with Gasteiger partial charge in [-0.3, -0.25) is 9.97 Å². The van der Waals surface area contributed by atoms with Gasteiger partial charge in [-0.1, -0.05) is 28.4 Å². The Morgan fingerprint density at radius 2 is 1.74 bits per heavy atom. The highest BCUT2D eigenvalue weighted by molar-refractivity contribution is 6.38. The molecule has 0 radical (unpaired) electrons. The molecule has 0 amide bonds. The summed E-state index contributed by atoms with van der Waals surface area (Å²) >= 11 is 13.0. The highest BCUT2D eigenvalue weighted by Gasteiger charge is 2.50. The summed E-state index contributed by atoms with van der Waals surface area (Å²) in [5.41, 5.74) is 3.25. The number of halogens is 2. The molecule has 2 bridgehead atoms. The Bertz CT molecular complexity index is 1570. The zero-order chi connectivity index (χ0) is 28.9. The first-order chi connectivity index (χ1) is 20.3. The molecule has 0 spiro atoms. The summed E-state index contributed by atoms with van der Waals surface area (Å²) in [5, 5.41) is 6.32. The van der Waals surface area contributed by atoms with Gasteiger partial charge in [0.1, 0.15) is 23.0 Å². The molecule has 4 aliphatic carbocycles. The summed E-state index contributed by atoms with van der Waals surface area (Å²) in [6, 6.07) is 8.00. The van der Waals surface area contributed by atoms with Gasteiger partial charge in [0.15, 0.2) is 0 Å². The number of nitrogens with zero attached hydrogens (tertiary/aromatic N) is 3. The van der Waals surface area contributed by atoms with E-state index in [1.165, 1.54) is 0 Å². The maximum atomic E-state index is 6.80. The second-order valence-electron chi connectivity index (χ2n) is 12.5. The van der Waals surface area contributed by atoms with Gasteiger partial charge >= 0.3 is 0 Å². The van der Waals surface area contributed by atoms with Crippen LogP contribution in [0.4, 0.5) is 0 Å². The summed E-state index contributed by atoms with van der Waals surface area (Å²) in [5.74, 6) is 3.00. The highest BCUT2D eigenvalue weighted by atomic mass is 35.5. The Hall–Kier alpha value is -2.87. The van der Waals surface area contributed by atoms with Gasteiger partial charge in [0, 0.05) is 46.4 Å². The van der Waals surface area contributed by atoms with Crippen LogP contribution in [0.5, 0.6) is 11.5 Å². The minimum Gasteiger partial charge on any atom is -0.493 e. The Balaban J connectivity index is 1.03. The van der Waals surface area contributed by atoms with E-state index >= 15 is 0 Å². The lowest BCUT2D eigenvalue weighted by molar-refractivity contribution is -0.150. The molecule has 0 saturated heterocycles. The molecular formula is C33H35Cl2N3O4. The van der Waals surface area contributed by atoms with Gasteiger partial charge in [-0.25, -0.2) is 0 Å². The molecule has 4 saturated carbocycles. The molecule has 3 heterocycles. The molecule has 0 aliphatic heterocycles. The number of aromatic nitrogens is 3. The topological polar surface area (TPSA) is 79.5 Å². The van der Waals surface area contributed by atoms with Crippen molar-refractivity contribution in [2.45, 2.75) is 89.4 Å². The smallest absolute Gasteiger partial charge is 0.145 e. The van der Waals surface area contributed by atoms with E-state index in [-0.39, 0.29) is 17.1 Å². The molecule has 4 aliphatic rings. The fraction of sp³-hybridized carbons (Fsp3) is 0.485. The van der Waals surface area contributed by atoms with Crippen LogP contribution >= 0.6 is 23.2 Å². The number of rotatable bonds is 10. The van der Waals surface area contributed by atoms with Gasteiger partial charge in [-0.05, 0) is 89.5 Å². The van der Waals surface area contributed by atoms with Crippen molar-refractivity contribution in [2.24, 2.45) is 5.41 Å². The van der Waals surface area contributed by atoms with Crippen LogP contribution in [0, 0.1) is 5.41 Å². The molecule has 0 unspecified atom stereocenters. The van der Waals surface area contributed by atoms with Crippen molar-refractivity contribution in [1.29, 1.82) is 0 Å². The average Bonchev–Trinajstić information content (AvgIpc) is 3.76.